The molecule has 0 spiro atoms. The Morgan fingerprint density at radius 3 is 2.28 bits per heavy atom. The third kappa shape index (κ3) is 5.74. The molecule has 39 heavy (non-hydrogen) atoms. The minimum atomic E-state index is -1.71. The predicted molar refractivity (Wildman–Crippen MR) is 140 cm³/mol. The van der Waals surface area contributed by atoms with E-state index in [2.05, 4.69) is 5.32 Å². The van der Waals surface area contributed by atoms with Crippen molar-refractivity contribution in [1.82, 2.24) is 0 Å². The number of anilines is 1. The SMILES string of the molecule is COc1ccc(N[C@@H]([C@H]2O[C@@H]3OC(C)(C)O[C@@H]3[C@H]2OCc2ccccc2)C2([N+](=O)[O-])COC(C)(C)OC2)cc1. The largest absolute Gasteiger partial charge is 0.497 e. The monoisotopic (exact) mass is 544 g/mol. The van der Waals surface area contributed by atoms with Gasteiger partial charge in [0.15, 0.2) is 17.9 Å². The Labute approximate surface area is 227 Å². The van der Waals surface area contributed by atoms with Crippen molar-refractivity contribution in [1.29, 1.82) is 0 Å². The third-order valence-corrected chi connectivity index (χ3v) is 7.33. The fourth-order valence-corrected chi connectivity index (χ4v) is 5.20. The van der Waals surface area contributed by atoms with E-state index in [0.717, 1.165) is 5.56 Å². The highest BCUT2D eigenvalue weighted by Gasteiger charge is 2.65. The van der Waals surface area contributed by atoms with Crippen molar-refractivity contribution >= 4 is 5.69 Å². The smallest absolute Gasteiger partial charge is 0.290 e. The van der Waals surface area contributed by atoms with E-state index in [1.807, 2.05) is 30.3 Å². The topological polar surface area (TPSA) is 120 Å². The fraction of sp³-hybridized carbons (Fsp3) is 0.571. The average molecular weight is 545 g/mol. The van der Waals surface area contributed by atoms with Crippen LogP contribution in [0.15, 0.2) is 54.6 Å². The molecule has 0 amide bonds. The maximum Gasteiger partial charge on any atom is 0.290 e. The molecule has 11 heteroatoms. The van der Waals surface area contributed by atoms with Gasteiger partial charge in [-0.1, -0.05) is 30.3 Å². The molecule has 0 aromatic heterocycles. The van der Waals surface area contributed by atoms with Crippen LogP contribution in [0, 0.1) is 10.1 Å². The van der Waals surface area contributed by atoms with Gasteiger partial charge in [0.2, 0.25) is 0 Å². The summed E-state index contributed by atoms with van der Waals surface area (Å²) in [5.74, 6) is -1.20. The van der Waals surface area contributed by atoms with Gasteiger partial charge in [-0.05, 0) is 57.5 Å². The van der Waals surface area contributed by atoms with Crippen molar-refractivity contribution < 1.29 is 38.1 Å². The number of hydrogen-bond donors (Lipinski definition) is 1. The van der Waals surface area contributed by atoms with Crippen LogP contribution in [0.1, 0.15) is 33.3 Å². The van der Waals surface area contributed by atoms with Crippen LogP contribution in [0.3, 0.4) is 0 Å². The summed E-state index contributed by atoms with van der Waals surface area (Å²) in [5, 5.41) is 16.2. The lowest BCUT2D eigenvalue weighted by Gasteiger charge is -2.44. The summed E-state index contributed by atoms with van der Waals surface area (Å²) >= 11 is 0. The highest BCUT2D eigenvalue weighted by Crippen LogP contribution is 2.43. The van der Waals surface area contributed by atoms with Crippen molar-refractivity contribution in [2.75, 3.05) is 25.6 Å². The van der Waals surface area contributed by atoms with Gasteiger partial charge in [-0.25, -0.2) is 0 Å². The van der Waals surface area contributed by atoms with Gasteiger partial charge < -0.3 is 38.5 Å². The molecular weight excluding hydrogens is 508 g/mol. The second kappa shape index (κ2) is 10.6. The number of nitrogens with zero attached hydrogens (tertiary/aromatic N) is 1. The van der Waals surface area contributed by atoms with Crippen molar-refractivity contribution in [3.63, 3.8) is 0 Å². The van der Waals surface area contributed by atoms with E-state index in [1.165, 1.54) is 0 Å². The molecule has 0 aliphatic carbocycles. The van der Waals surface area contributed by atoms with E-state index >= 15 is 0 Å². The Hall–Kier alpha value is -2.80. The summed E-state index contributed by atoms with van der Waals surface area (Å²) in [6, 6.07) is 15.9. The molecule has 2 aromatic carbocycles. The van der Waals surface area contributed by atoms with Crippen LogP contribution in [0.25, 0.3) is 0 Å². The van der Waals surface area contributed by atoms with Crippen LogP contribution >= 0.6 is 0 Å². The van der Waals surface area contributed by atoms with Crippen molar-refractivity contribution in [3.05, 3.63) is 70.3 Å². The Kier molecular flexibility index (Phi) is 7.57. The number of nitrogens with one attached hydrogen (secondary N) is 1. The number of methoxy groups -OCH3 is 1. The molecule has 0 unspecified atom stereocenters. The van der Waals surface area contributed by atoms with Gasteiger partial charge in [0.1, 0.15) is 43.3 Å². The first kappa shape index (κ1) is 27.8. The molecule has 5 rings (SSSR count). The van der Waals surface area contributed by atoms with E-state index in [0.29, 0.717) is 11.4 Å². The maximum absolute atomic E-state index is 12.8. The Morgan fingerprint density at radius 1 is 1.00 bits per heavy atom. The molecule has 3 fully saturated rings. The zero-order valence-electron chi connectivity index (χ0n) is 22.8. The molecule has 5 atom stereocenters. The van der Waals surface area contributed by atoms with Gasteiger partial charge in [0.25, 0.3) is 5.54 Å². The first-order valence-corrected chi connectivity index (χ1v) is 13.0. The lowest BCUT2D eigenvalue weighted by atomic mass is 9.84. The standard InChI is InChI=1S/C28H36N2O9/c1-26(2)35-16-28(17-36-26,30(31)32)24(29-19-11-13-20(33-5)14-12-19)22-21(34-15-18-9-7-6-8-10-18)23-25(37-22)39-27(3,4)38-23/h6-14,21-25,29H,15-17H2,1-5H3/t21-,22-,23+,24-,25+/m0/s1. The molecule has 0 bridgehead atoms. The van der Waals surface area contributed by atoms with E-state index in [9.17, 15) is 10.1 Å². The van der Waals surface area contributed by atoms with Crippen LogP contribution in [0.2, 0.25) is 0 Å². The van der Waals surface area contributed by atoms with E-state index in [-0.39, 0.29) is 24.7 Å². The predicted octanol–water partition coefficient (Wildman–Crippen LogP) is 3.74. The molecule has 3 heterocycles. The van der Waals surface area contributed by atoms with Gasteiger partial charge in [0, 0.05) is 10.6 Å². The molecule has 1 N–H and O–H groups in total. The summed E-state index contributed by atoms with van der Waals surface area (Å²) in [4.78, 5) is 12.5. The highest BCUT2D eigenvalue weighted by molar-refractivity contribution is 5.48. The van der Waals surface area contributed by atoms with Gasteiger partial charge in [-0.3, -0.25) is 10.1 Å². The summed E-state index contributed by atoms with van der Waals surface area (Å²) in [5.41, 5.74) is -0.119. The third-order valence-electron chi connectivity index (χ3n) is 7.33. The first-order chi connectivity index (χ1) is 18.5. The number of nitro groups is 1. The number of ether oxygens (including phenoxy) is 7. The van der Waals surface area contributed by atoms with Gasteiger partial charge >= 0.3 is 0 Å². The maximum atomic E-state index is 12.8. The normalized spacial score (nSPS) is 29.4. The lowest BCUT2D eigenvalue weighted by Crippen LogP contribution is -2.68. The first-order valence-electron chi connectivity index (χ1n) is 13.0. The second-order valence-corrected chi connectivity index (χ2v) is 11.0. The molecule has 0 radical (unpaired) electrons. The van der Waals surface area contributed by atoms with Gasteiger partial charge in [-0.15, -0.1) is 0 Å². The molecule has 212 valence electrons. The summed E-state index contributed by atoms with van der Waals surface area (Å²) in [7, 11) is 1.58. The molecule has 3 aliphatic rings. The van der Waals surface area contributed by atoms with Gasteiger partial charge in [-0.2, -0.15) is 0 Å². The Balaban J connectivity index is 1.51. The quantitative estimate of drug-likeness (QED) is 0.369. The van der Waals surface area contributed by atoms with Crippen LogP contribution in [0.4, 0.5) is 5.69 Å². The Morgan fingerprint density at radius 2 is 1.67 bits per heavy atom. The summed E-state index contributed by atoms with van der Waals surface area (Å²) in [6.07, 6.45) is -2.91. The number of benzene rings is 2. The molecule has 3 saturated heterocycles. The summed E-state index contributed by atoms with van der Waals surface area (Å²) < 4.78 is 42.1. The Bertz CT molecular complexity index is 1130. The highest BCUT2D eigenvalue weighted by atomic mass is 16.8. The summed E-state index contributed by atoms with van der Waals surface area (Å²) in [6.45, 7) is 6.93. The second-order valence-electron chi connectivity index (χ2n) is 11.0. The molecule has 0 saturated carbocycles. The zero-order chi connectivity index (χ0) is 27.8. The van der Waals surface area contributed by atoms with E-state index < -0.39 is 47.8 Å². The zero-order valence-corrected chi connectivity index (χ0v) is 22.8. The van der Waals surface area contributed by atoms with Crippen molar-refractivity contribution in [2.45, 2.75) is 82.1 Å². The van der Waals surface area contributed by atoms with Crippen molar-refractivity contribution in [3.8, 4) is 5.75 Å². The minimum Gasteiger partial charge on any atom is -0.497 e. The molecular formula is C28H36N2O9. The van der Waals surface area contributed by atoms with Gasteiger partial charge in [0.05, 0.1) is 13.7 Å². The number of hydrogen-bond acceptors (Lipinski definition) is 10. The average Bonchev–Trinajstić information content (AvgIpc) is 3.38. The van der Waals surface area contributed by atoms with Crippen LogP contribution in [-0.4, -0.2) is 73.0 Å². The van der Waals surface area contributed by atoms with E-state index in [4.69, 9.17) is 33.2 Å². The molecule has 2 aromatic rings. The molecule has 3 aliphatic heterocycles. The van der Waals surface area contributed by atoms with E-state index in [1.54, 1.807) is 59.1 Å². The van der Waals surface area contributed by atoms with Crippen molar-refractivity contribution in [2.24, 2.45) is 0 Å². The lowest BCUT2D eigenvalue weighted by molar-refractivity contribution is -0.600. The van der Waals surface area contributed by atoms with Crippen LogP contribution < -0.4 is 10.1 Å². The molecule has 11 nitrogen and oxygen atoms in total. The minimum absolute atomic E-state index is 0.200. The number of fused-ring (bicyclic) bond motifs is 1. The number of rotatable bonds is 9. The fourth-order valence-electron chi connectivity index (χ4n) is 5.20. The van der Waals surface area contributed by atoms with Crippen LogP contribution in [0.5, 0.6) is 5.75 Å². The van der Waals surface area contributed by atoms with Crippen LogP contribution in [-0.2, 0) is 35.0 Å².